The van der Waals surface area contributed by atoms with Gasteiger partial charge in [-0.15, -0.1) is 0 Å². The van der Waals surface area contributed by atoms with E-state index >= 15 is 0 Å². The molecule has 0 amide bonds. The van der Waals surface area contributed by atoms with Crippen LogP contribution >= 0.6 is 11.6 Å². The Morgan fingerprint density at radius 1 is 1.40 bits per heavy atom. The molecular weight excluding hydrogens is 272 g/mol. The van der Waals surface area contributed by atoms with E-state index in [2.05, 4.69) is 17.2 Å². The van der Waals surface area contributed by atoms with E-state index in [0.717, 1.165) is 18.7 Å². The van der Waals surface area contributed by atoms with Crippen molar-refractivity contribution in [3.8, 4) is 0 Å². The van der Waals surface area contributed by atoms with Gasteiger partial charge in [0.1, 0.15) is 0 Å². The van der Waals surface area contributed by atoms with E-state index in [1.165, 1.54) is 32.1 Å². The van der Waals surface area contributed by atoms with Crippen LogP contribution in [0.3, 0.4) is 0 Å². The summed E-state index contributed by atoms with van der Waals surface area (Å²) in [6.45, 7) is 2.90. The second-order valence-electron chi connectivity index (χ2n) is 6.01. The lowest BCUT2D eigenvalue weighted by Crippen LogP contribution is -2.62. The summed E-state index contributed by atoms with van der Waals surface area (Å²) in [5.74, 6) is 0. The van der Waals surface area contributed by atoms with E-state index in [1.807, 2.05) is 12.1 Å². The van der Waals surface area contributed by atoms with Gasteiger partial charge in [0.05, 0.1) is 11.8 Å². The molecule has 2 aliphatic rings. The van der Waals surface area contributed by atoms with Crippen LogP contribution in [0.4, 0.5) is 5.69 Å². The summed E-state index contributed by atoms with van der Waals surface area (Å²) in [5, 5.41) is 4.19. The maximum atomic E-state index is 6.17. The molecule has 3 rings (SSSR count). The van der Waals surface area contributed by atoms with E-state index in [4.69, 9.17) is 16.3 Å². The topological polar surface area (TPSA) is 34.1 Å². The molecular formula is C16H23ClN2O. The minimum Gasteiger partial charge on any atom is -0.379 e. The van der Waals surface area contributed by atoms with Gasteiger partial charge in [0.15, 0.2) is 5.15 Å². The number of hydrogen-bond donors (Lipinski definition) is 1. The Kier molecular flexibility index (Phi) is 4.18. The normalized spacial score (nSPS) is 28.1. The zero-order valence-corrected chi connectivity index (χ0v) is 12.8. The number of anilines is 1. The Morgan fingerprint density at radius 2 is 2.20 bits per heavy atom. The summed E-state index contributed by atoms with van der Waals surface area (Å²) in [5.41, 5.74) is 1.27. The largest absolute Gasteiger partial charge is 0.379 e. The quantitative estimate of drug-likeness (QED) is 0.842. The van der Waals surface area contributed by atoms with Crippen LogP contribution in [0, 0.1) is 5.41 Å². The molecule has 1 aromatic heterocycles. The van der Waals surface area contributed by atoms with Gasteiger partial charge in [-0.1, -0.05) is 30.9 Å². The molecule has 1 aromatic rings. The third-order valence-corrected chi connectivity index (χ3v) is 5.33. The van der Waals surface area contributed by atoms with Gasteiger partial charge in [-0.25, -0.2) is 4.98 Å². The van der Waals surface area contributed by atoms with E-state index < -0.39 is 0 Å². The first kappa shape index (κ1) is 14.2. The van der Waals surface area contributed by atoms with Crippen molar-refractivity contribution >= 4 is 17.3 Å². The maximum absolute atomic E-state index is 6.17. The van der Waals surface area contributed by atoms with Gasteiger partial charge in [-0.2, -0.15) is 0 Å². The first-order valence-electron chi connectivity index (χ1n) is 7.75. The highest BCUT2D eigenvalue weighted by Crippen LogP contribution is 2.54. The number of aromatic nitrogens is 1. The molecule has 20 heavy (non-hydrogen) atoms. The van der Waals surface area contributed by atoms with Crippen molar-refractivity contribution < 1.29 is 4.74 Å². The van der Waals surface area contributed by atoms with Crippen LogP contribution in [-0.4, -0.2) is 23.7 Å². The van der Waals surface area contributed by atoms with Crippen LogP contribution in [0.25, 0.3) is 0 Å². The van der Waals surface area contributed by atoms with Crippen LogP contribution in [-0.2, 0) is 4.74 Å². The lowest BCUT2D eigenvalue weighted by molar-refractivity contribution is -0.134. The fourth-order valence-corrected chi connectivity index (χ4v) is 4.12. The van der Waals surface area contributed by atoms with Crippen LogP contribution < -0.4 is 5.32 Å². The molecule has 1 N–H and O–H groups in total. The fourth-order valence-electron chi connectivity index (χ4n) is 3.95. The highest BCUT2D eigenvalue weighted by molar-refractivity contribution is 6.31. The number of hydrogen-bond acceptors (Lipinski definition) is 3. The second kappa shape index (κ2) is 5.90. The number of pyridine rings is 1. The van der Waals surface area contributed by atoms with E-state index in [1.54, 1.807) is 6.20 Å². The Hall–Kier alpha value is -0.800. The fraction of sp³-hybridized carbons (Fsp3) is 0.688. The predicted molar refractivity (Wildman–Crippen MR) is 82.2 cm³/mol. The van der Waals surface area contributed by atoms with Crippen molar-refractivity contribution in [2.24, 2.45) is 5.41 Å². The van der Waals surface area contributed by atoms with Crippen molar-refractivity contribution in [3.63, 3.8) is 0 Å². The van der Waals surface area contributed by atoms with Crippen LogP contribution in [0.5, 0.6) is 0 Å². The number of nitrogens with one attached hydrogen (secondary N) is 1. The van der Waals surface area contributed by atoms with E-state index in [0.29, 0.717) is 22.7 Å². The Bertz CT molecular complexity index is 460. The zero-order valence-electron chi connectivity index (χ0n) is 12.1. The molecule has 110 valence electrons. The molecule has 1 spiro atoms. The first-order valence-corrected chi connectivity index (χ1v) is 8.13. The molecule has 0 aromatic carbocycles. The van der Waals surface area contributed by atoms with Crippen molar-refractivity contribution in [1.29, 1.82) is 0 Å². The Balaban J connectivity index is 1.75. The molecule has 2 fully saturated rings. The van der Waals surface area contributed by atoms with Gasteiger partial charge >= 0.3 is 0 Å². The molecule has 3 nitrogen and oxygen atoms in total. The van der Waals surface area contributed by atoms with E-state index in [-0.39, 0.29) is 0 Å². The van der Waals surface area contributed by atoms with Gasteiger partial charge in [0.25, 0.3) is 0 Å². The zero-order chi connectivity index (χ0) is 14.0. The molecule has 1 heterocycles. The second-order valence-corrected chi connectivity index (χ2v) is 6.37. The molecule has 2 unspecified atom stereocenters. The minimum absolute atomic E-state index is 0.313. The summed E-state index contributed by atoms with van der Waals surface area (Å²) in [7, 11) is 0. The molecule has 0 bridgehead atoms. The van der Waals surface area contributed by atoms with E-state index in [9.17, 15) is 0 Å². The minimum atomic E-state index is 0.313. The van der Waals surface area contributed by atoms with Crippen LogP contribution in [0.2, 0.25) is 5.15 Å². The number of halogens is 1. The number of ether oxygens (including phenoxy) is 1. The van der Waals surface area contributed by atoms with Crippen molar-refractivity contribution in [2.75, 3.05) is 11.9 Å². The van der Waals surface area contributed by atoms with Crippen molar-refractivity contribution in [2.45, 2.75) is 57.6 Å². The maximum Gasteiger partial charge on any atom is 0.152 e. The SMILES string of the molecule is CCOC1CC(Nc2cccnc2Cl)C12CCCCC2. The smallest absolute Gasteiger partial charge is 0.152 e. The summed E-state index contributed by atoms with van der Waals surface area (Å²) >= 11 is 6.17. The average molecular weight is 295 g/mol. The summed E-state index contributed by atoms with van der Waals surface area (Å²) in [6.07, 6.45) is 9.78. The van der Waals surface area contributed by atoms with Gasteiger partial charge in [0, 0.05) is 24.3 Å². The number of rotatable bonds is 4. The monoisotopic (exact) mass is 294 g/mol. The third-order valence-electron chi connectivity index (χ3n) is 5.03. The number of nitrogens with zero attached hydrogens (tertiary/aromatic N) is 1. The third kappa shape index (κ3) is 2.42. The molecule has 0 saturated heterocycles. The van der Waals surface area contributed by atoms with Gasteiger partial charge < -0.3 is 10.1 Å². The summed E-state index contributed by atoms with van der Waals surface area (Å²) < 4.78 is 5.98. The summed E-state index contributed by atoms with van der Waals surface area (Å²) in [6, 6.07) is 4.42. The molecule has 2 atom stereocenters. The average Bonchev–Trinajstić information content (AvgIpc) is 2.49. The highest BCUT2D eigenvalue weighted by atomic mass is 35.5. The molecule has 4 heteroatoms. The van der Waals surface area contributed by atoms with Gasteiger partial charge in [-0.05, 0) is 38.3 Å². The molecule has 0 radical (unpaired) electrons. The predicted octanol–water partition coefficient (Wildman–Crippen LogP) is 4.27. The van der Waals surface area contributed by atoms with Crippen LogP contribution in [0.1, 0.15) is 45.4 Å². The molecule has 2 saturated carbocycles. The van der Waals surface area contributed by atoms with Gasteiger partial charge in [-0.3, -0.25) is 0 Å². The van der Waals surface area contributed by atoms with Gasteiger partial charge in [0.2, 0.25) is 0 Å². The molecule has 0 aliphatic heterocycles. The van der Waals surface area contributed by atoms with Crippen molar-refractivity contribution in [1.82, 2.24) is 4.98 Å². The lowest BCUT2D eigenvalue weighted by Gasteiger charge is -2.58. The molecule has 2 aliphatic carbocycles. The highest BCUT2D eigenvalue weighted by Gasteiger charge is 2.55. The van der Waals surface area contributed by atoms with Crippen molar-refractivity contribution in [3.05, 3.63) is 23.5 Å². The Labute approximate surface area is 126 Å². The first-order chi connectivity index (χ1) is 9.76. The van der Waals surface area contributed by atoms with Crippen LogP contribution in [0.15, 0.2) is 18.3 Å². The summed E-state index contributed by atoms with van der Waals surface area (Å²) in [4.78, 5) is 4.15. The lowest BCUT2D eigenvalue weighted by atomic mass is 9.55. The Morgan fingerprint density at radius 3 is 2.90 bits per heavy atom. The standard InChI is InChI=1S/C16H23ClN2O/c1-2-20-14-11-13(16(14)8-4-3-5-9-16)19-12-7-6-10-18-15(12)17/h6-7,10,13-14,19H,2-5,8-9,11H2,1H3.